The molecule has 1 saturated heterocycles. The van der Waals surface area contributed by atoms with Crippen molar-refractivity contribution in [3.63, 3.8) is 0 Å². The van der Waals surface area contributed by atoms with Crippen molar-refractivity contribution in [3.05, 3.63) is 58.9 Å². The number of nitrogens with one attached hydrogen (secondary N) is 1. The van der Waals surface area contributed by atoms with Crippen LogP contribution in [-0.2, 0) is 13.0 Å². The van der Waals surface area contributed by atoms with Gasteiger partial charge in [0, 0.05) is 31.0 Å². The number of nitrogens with zero attached hydrogens (tertiary/aromatic N) is 2. The zero-order chi connectivity index (χ0) is 19.2. The van der Waals surface area contributed by atoms with Crippen LogP contribution >= 0.6 is 0 Å². The Morgan fingerprint density at radius 3 is 2.74 bits per heavy atom. The third-order valence-electron chi connectivity index (χ3n) is 5.43. The number of pyridine rings is 1. The number of phenols is 1. The molecule has 1 aromatic heterocycles. The first-order valence-electron chi connectivity index (χ1n) is 9.77. The number of amides is 2. The first-order valence-corrected chi connectivity index (χ1v) is 9.77. The first-order chi connectivity index (χ1) is 13.0. The third-order valence-corrected chi connectivity index (χ3v) is 5.43. The lowest BCUT2D eigenvalue weighted by molar-refractivity contribution is 0.146. The molecular formula is C22H29N3O2. The van der Waals surface area contributed by atoms with Crippen LogP contribution in [-0.4, -0.2) is 33.6 Å². The highest BCUT2D eigenvalue weighted by molar-refractivity contribution is 5.74. The number of benzene rings is 1. The molecule has 27 heavy (non-hydrogen) atoms. The molecule has 3 rings (SSSR count). The van der Waals surface area contributed by atoms with Crippen molar-refractivity contribution in [2.75, 3.05) is 6.54 Å². The monoisotopic (exact) mass is 367 g/mol. The second-order valence-electron chi connectivity index (χ2n) is 7.45. The molecular weight excluding hydrogens is 338 g/mol. The Kier molecular flexibility index (Phi) is 6.32. The summed E-state index contributed by atoms with van der Waals surface area (Å²) in [5, 5.41) is 12.5. The summed E-state index contributed by atoms with van der Waals surface area (Å²) >= 11 is 0. The highest BCUT2D eigenvalue weighted by Gasteiger charge is 2.26. The van der Waals surface area contributed by atoms with E-state index in [1.54, 1.807) is 12.1 Å². The minimum absolute atomic E-state index is 0.0173. The molecule has 1 aromatic carbocycles. The lowest BCUT2D eigenvalue weighted by Crippen LogP contribution is -2.48. The number of hydrogen-bond acceptors (Lipinski definition) is 3. The number of aryl methyl sites for hydroxylation is 3. The summed E-state index contributed by atoms with van der Waals surface area (Å²) in [6, 6.07) is 9.72. The predicted octanol–water partition coefficient (Wildman–Crippen LogP) is 4.10. The number of carbonyl (C=O) groups is 1. The number of urea groups is 1. The molecule has 1 aliphatic rings. The molecule has 0 aliphatic carbocycles. The van der Waals surface area contributed by atoms with Gasteiger partial charge in [-0.3, -0.25) is 4.98 Å². The van der Waals surface area contributed by atoms with Crippen molar-refractivity contribution in [2.24, 2.45) is 0 Å². The zero-order valence-electron chi connectivity index (χ0n) is 16.2. The van der Waals surface area contributed by atoms with Crippen LogP contribution in [0.1, 0.15) is 48.1 Å². The Morgan fingerprint density at radius 2 is 2.00 bits per heavy atom. The Labute approximate surface area is 161 Å². The summed E-state index contributed by atoms with van der Waals surface area (Å²) in [5.41, 5.74) is 4.39. The predicted molar refractivity (Wildman–Crippen MR) is 107 cm³/mol. The number of phenolic OH excluding ortho intramolecular Hbond substituents is 1. The van der Waals surface area contributed by atoms with E-state index in [1.807, 2.05) is 37.1 Å². The zero-order valence-corrected chi connectivity index (χ0v) is 16.2. The van der Waals surface area contributed by atoms with Crippen LogP contribution in [0.4, 0.5) is 4.79 Å². The number of carbonyl (C=O) groups excluding carboxylic acids is 1. The van der Waals surface area contributed by atoms with Crippen molar-refractivity contribution in [1.82, 2.24) is 15.2 Å². The van der Waals surface area contributed by atoms with Crippen molar-refractivity contribution < 1.29 is 9.90 Å². The lowest BCUT2D eigenvalue weighted by Gasteiger charge is -2.36. The van der Waals surface area contributed by atoms with Gasteiger partial charge < -0.3 is 15.3 Å². The van der Waals surface area contributed by atoms with E-state index in [9.17, 15) is 9.90 Å². The van der Waals surface area contributed by atoms with Gasteiger partial charge in [-0.1, -0.05) is 18.2 Å². The van der Waals surface area contributed by atoms with Gasteiger partial charge in [0.05, 0.1) is 0 Å². The largest absolute Gasteiger partial charge is 0.508 e. The average molecular weight is 367 g/mol. The molecule has 5 nitrogen and oxygen atoms in total. The van der Waals surface area contributed by atoms with E-state index in [1.165, 1.54) is 12.0 Å². The fraction of sp³-hybridized carbons (Fsp3) is 0.455. The SMILES string of the molecule is Cc1cc(CNC(=O)N2CCCC[C@H]2CCc2ccc(O)cc2)cnc1C. The van der Waals surface area contributed by atoms with Gasteiger partial charge in [-0.15, -0.1) is 0 Å². The summed E-state index contributed by atoms with van der Waals surface area (Å²) < 4.78 is 0. The van der Waals surface area contributed by atoms with Gasteiger partial charge >= 0.3 is 6.03 Å². The molecule has 0 unspecified atom stereocenters. The molecule has 144 valence electrons. The lowest BCUT2D eigenvalue weighted by atomic mass is 9.96. The minimum Gasteiger partial charge on any atom is -0.508 e. The highest BCUT2D eigenvalue weighted by atomic mass is 16.3. The topological polar surface area (TPSA) is 65.5 Å². The molecule has 1 aliphatic heterocycles. The van der Waals surface area contributed by atoms with Gasteiger partial charge in [0.1, 0.15) is 5.75 Å². The van der Waals surface area contributed by atoms with Crippen LogP contribution in [0.15, 0.2) is 36.5 Å². The number of likely N-dealkylation sites (tertiary alicyclic amines) is 1. The number of aromatic hydroxyl groups is 1. The number of hydrogen-bond donors (Lipinski definition) is 2. The van der Waals surface area contributed by atoms with Crippen LogP contribution in [0.2, 0.25) is 0 Å². The normalized spacial score (nSPS) is 17.0. The maximum absolute atomic E-state index is 12.8. The molecule has 2 aromatic rings. The molecule has 2 N–H and O–H groups in total. The van der Waals surface area contributed by atoms with Gasteiger partial charge in [0.15, 0.2) is 0 Å². The summed E-state index contributed by atoms with van der Waals surface area (Å²) in [6.07, 6.45) is 6.98. The van der Waals surface area contributed by atoms with Crippen LogP contribution in [0.25, 0.3) is 0 Å². The molecule has 0 saturated carbocycles. The molecule has 0 radical (unpaired) electrons. The third kappa shape index (κ3) is 5.22. The summed E-state index contributed by atoms with van der Waals surface area (Å²) in [4.78, 5) is 19.1. The van der Waals surface area contributed by atoms with Crippen LogP contribution in [0, 0.1) is 13.8 Å². The van der Waals surface area contributed by atoms with E-state index >= 15 is 0 Å². The minimum atomic E-state index is 0.0173. The Hall–Kier alpha value is -2.56. The Bertz CT molecular complexity index is 774. The molecule has 0 spiro atoms. The van der Waals surface area contributed by atoms with Crippen molar-refractivity contribution in [1.29, 1.82) is 0 Å². The molecule has 1 fully saturated rings. The Morgan fingerprint density at radius 1 is 1.22 bits per heavy atom. The van der Waals surface area contributed by atoms with Gasteiger partial charge in [-0.2, -0.15) is 0 Å². The fourth-order valence-electron chi connectivity index (χ4n) is 3.64. The first kappa shape index (κ1) is 19.2. The maximum atomic E-state index is 12.8. The fourth-order valence-corrected chi connectivity index (χ4v) is 3.64. The van der Waals surface area contributed by atoms with Gasteiger partial charge in [0.2, 0.25) is 0 Å². The van der Waals surface area contributed by atoms with E-state index in [4.69, 9.17) is 0 Å². The average Bonchev–Trinajstić information content (AvgIpc) is 2.68. The summed E-state index contributed by atoms with van der Waals surface area (Å²) in [7, 11) is 0. The number of aromatic nitrogens is 1. The molecule has 2 heterocycles. The second-order valence-corrected chi connectivity index (χ2v) is 7.45. The molecule has 5 heteroatoms. The van der Waals surface area contributed by atoms with Crippen LogP contribution < -0.4 is 5.32 Å². The molecule has 2 amide bonds. The maximum Gasteiger partial charge on any atom is 0.317 e. The Balaban J connectivity index is 1.55. The van der Waals surface area contributed by atoms with E-state index in [-0.39, 0.29) is 12.1 Å². The van der Waals surface area contributed by atoms with Crippen molar-refractivity contribution >= 4 is 6.03 Å². The van der Waals surface area contributed by atoms with Crippen molar-refractivity contribution in [2.45, 2.75) is 58.5 Å². The molecule has 0 bridgehead atoms. The smallest absolute Gasteiger partial charge is 0.317 e. The van der Waals surface area contributed by atoms with E-state index in [0.717, 1.165) is 49.0 Å². The standard InChI is InChI=1S/C22H29N3O2/c1-16-13-19(14-23-17(16)2)15-24-22(27)25-12-4-3-5-20(25)9-6-18-7-10-21(26)11-8-18/h7-8,10-11,13-14,20,26H,3-6,9,12,15H2,1-2H3,(H,24,27)/t20-/m0/s1. The quantitative estimate of drug-likeness (QED) is 0.836. The van der Waals surface area contributed by atoms with E-state index in [2.05, 4.69) is 16.4 Å². The summed E-state index contributed by atoms with van der Waals surface area (Å²) in [6.45, 7) is 5.35. The van der Waals surface area contributed by atoms with E-state index in [0.29, 0.717) is 12.3 Å². The highest BCUT2D eigenvalue weighted by Crippen LogP contribution is 2.22. The van der Waals surface area contributed by atoms with Crippen LogP contribution in [0.3, 0.4) is 0 Å². The molecule has 1 atom stereocenters. The van der Waals surface area contributed by atoms with Crippen molar-refractivity contribution in [3.8, 4) is 5.75 Å². The van der Waals surface area contributed by atoms with Gasteiger partial charge in [-0.05, 0) is 74.8 Å². The second kappa shape index (κ2) is 8.89. The summed E-state index contributed by atoms with van der Waals surface area (Å²) in [5.74, 6) is 0.290. The van der Waals surface area contributed by atoms with Gasteiger partial charge in [-0.25, -0.2) is 4.79 Å². The number of rotatable bonds is 5. The van der Waals surface area contributed by atoms with Gasteiger partial charge in [0.25, 0.3) is 0 Å². The van der Waals surface area contributed by atoms with Crippen LogP contribution in [0.5, 0.6) is 5.75 Å². The number of piperidine rings is 1. The van der Waals surface area contributed by atoms with E-state index < -0.39 is 0 Å².